The molecule has 0 spiro atoms. The molecule has 0 radical (unpaired) electrons. The van der Waals surface area contributed by atoms with Crippen molar-refractivity contribution >= 4 is 17.2 Å². The van der Waals surface area contributed by atoms with Gasteiger partial charge >= 0.3 is 0 Å². The van der Waals surface area contributed by atoms with Gasteiger partial charge in [-0.05, 0) is 45.0 Å². The molecular formula is C15H26N4OS. The van der Waals surface area contributed by atoms with Gasteiger partial charge in [0.2, 0.25) is 0 Å². The van der Waals surface area contributed by atoms with Crippen molar-refractivity contribution in [2.24, 2.45) is 5.84 Å². The van der Waals surface area contributed by atoms with E-state index in [1.54, 1.807) is 0 Å². The van der Waals surface area contributed by atoms with Crippen LogP contribution in [0.5, 0.6) is 0 Å². The molecule has 5 nitrogen and oxygen atoms in total. The van der Waals surface area contributed by atoms with Gasteiger partial charge in [0, 0.05) is 30.6 Å². The summed E-state index contributed by atoms with van der Waals surface area (Å²) in [7, 11) is 2.20. The zero-order valence-electron chi connectivity index (χ0n) is 13.2. The van der Waals surface area contributed by atoms with Gasteiger partial charge in [-0.25, -0.2) is 5.84 Å². The third kappa shape index (κ3) is 4.03. The lowest BCUT2D eigenvalue weighted by molar-refractivity contribution is 0.0957. The van der Waals surface area contributed by atoms with Gasteiger partial charge in [0.15, 0.2) is 0 Å². The molecule has 0 aliphatic carbocycles. The third-order valence-electron chi connectivity index (χ3n) is 4.24. The summed E-state index contributed by atoms with van der Waals surface area (Å²) in [6, 6.07) is 2.58. The fourth-order valence-corrected chi connectivity index (χ4v) is 3.90. The van der Waals surface area contributed by atoms with Crippen LogP contribution < -0.4 is 11.3 Å². The smallest absolute Gasteiger partial charge is 0.275 e. The van der Waals surface area contributed by atoms with E-state index in [0.29, 0.717) is 10.9 Å². The predicted molar refractivity (Wildman–Crippen MR) is 87.3 cm³/mol. The van der Waals surface area contributed by atoms with Gasteiger partial charge < -0.3 is 4.90 Å². The molecule has 21 heavy (non-hydrogen) atoms. The van der Waals surface area contributed by atoms with Crippen LogP contribution in [0.3, 0.4) is 0 Å². The number of likely N-dealkylation sites (N-methyl/N-ethyl adjacent to an activating group) is 1. The summed E-state index contributed by atoms with van der Waals surface area (Å²) in [6.07, 6.45) is 2.36. The maximum absolute atomic E-state index is 11.6. The highest BCUT2D eigenvalue weighted by molar-refractivity contribution is 7.14. The second-order valence-corrected chi connectivity index (χ2v) is 7.07. The Hall–Kier alpha value is -0.950. The summed E-state index contributed by atoms with van der Waals surface area (Å²) >= 11 is 1.52. The molecule has 1 aliphatic heterocycles. The average Bonchev–Trinajstić information content (AvgIpc) is 2.73. The van der Waals surface area contributed by atoms with Crippen LogP contribution >= 0.6 is 11.3 Å². The molecule has 1 aromatic heterocycles. The van der Waals surface area contributed by atoms with Gasteiger partial charge in [0.25, 0.3) is 5.91 Å². The Morgan fingerprint density at radius 1 is 1.52 bits per heavy atom. The molecule has 1 atom stereocenters. The number of amides is 1. The molecule has 1 unspecified atom stereocenters. The normalized spacial score (nSPS) is 21.2. The molecule has 0 bridgehead atoms. The summed E-state index contributed by atoms with van der Waals surface area (Å²) in [5.74, 6) is 5.02. The van der Waals surface area contributed by atoms with E-state index in [4.69, 9.17) is 5.84 Å². The first-order valence-corrected chi connectivity index (χ1v) is 8.39. The molecule has 2 heterocycles. The van der Waals surface area contributed by atoms with Crippen LogP contribution in [0.15, 0.2) is 6.07 Å². The Bertz CT molecular complexity index is 488. The number of nitrogens with one attached hydrogen (secondary N) is 1. The first kappa shape index (κ1) is 16.4. The number of nitrogen functional groups attached to an aromatic ring is 1. The molecular weight excluding hydrogens is 284 g/mol. The lowest BCUT2D eigenvalue weighted by atomic mass is 10.1. The van der Waals surface area contributed by atoms with Crippen molar-refractivity contribution in [1.82, 2.24) is 15.2 Å². The SMILES string of the molecule is CCC1CN(C)CCCN1Cc1cc(C(=O)NN)sc1C. The molecule has 1 aromatic rings. The molecule has 0 aromatic carbocycles. The van der Waals surface area contributed by atoms with Crippen molar-refractivity contribution in [3.8, 4) is 0 Å². The van der Waals surface area contributed by atoms with E-state index in [1.807, 2.05) is 6.07 Å². The van der Waals surface area contributed by atoms with Crippen LogP contribution in [0.4, 0.5) is 0 Å². The van der Waals surface area contributed by atoms with Crippen molar-refractivity contribution in [2.45, 2.75) is 39.3 Å². The van der Waals surface area contributed by atoms with Crippen LogP contribution in [0, 0.1) is 6.92 Å². The van der Waals surface area contributed by atoms with Gasteiger partial charge in [-0.3, -0.25) is 15.1 Å². The Balaban J connectivity index is 2.12. The van der Waals surface area contributed by atoms with Crippen molar-refractivity contribution in [1.29, 1.82) is 0 Å². The van der Waals surface area contributed by atoms with E-state index >= 15 is 0 Å². The van der Waals surface area contributed by atoms with Crippen LogP contribution in [-0.4, -0.2) is 48.4 Å². The van der Waals surface area contributed by atoms with E-state index in [0.717, 1.165) is 32.6 Å². The number of carbonyl (C=O) groups excluding carboxylic acids is 1. The second kappa shape index (κ2) is 7.35. The van der Waals surface area contributed by atoms with Gasteiger partial charge in [-0.1, -0.05) is 6.92 Å². The molecule has 118 valence electrons. The van der Waals surface area contributed by atoms with E-state index in [-0.39, 0.29) is 5.91 Å². The second-order valence-electron chi connectivity index (χ2n) is 5.81. The first-order valence-electron chi connectivity index (χ1n) is 7.58. The summed E-state index contributed by atoms with van der Waals surface area (Å²) in [5.41, 5.74) is 3.46. The number of hydrogen-bond donors (Lipinski definition) is 2. The van der Waals surface area contributed by atoms with E-state index < -0.39 is 0 Å². The fourth-order valence-electron chi connectivity index (χ4n) is 2.97. The summed E-state index contributed by atoms with van der Waals surface area (Å²) in [4.78, 5) is 18.5. The third-order valence-corrected chi connectivity index (χ3v) is 5.34. The summed E-state index contributed by atoms with van der Waals surface area (Å²) in [5, 5.41) is 0. The van der Waals surface area contributed by atoms with Crippen molar-refractivity contribution in [3.05, 3.63) is 21.4 Å². The van der Waals surface area contributed by atoms with E-state index in [1.165, 1.54) is 28.2 Å². The standard InChI is InChI=1S/C15H26N4OS/c1-4-13-10-18(3)6-5-7-19(13)9-12-8-14(15(20)17-16)21-11(12)2/h8,13H,4-7,9-10,16H2,1-3H3,(H,17,20). The molecule has 1 saturated heterocycles. The molecule has 6 heteroatoms. The Labute approximate surface area is 131 Å². The van der Waals surface area contributed by atoms with Gasteiger partial charge in [0.1, 0.15) is 0 Å². The Morgan fingerprint density at radius 2 is 2.29 bits per heavy atom. The number of rotatable bonds is 4. The molecule has 1 aliphatic rings. The summed E-state index contributed by atoms with van der Waals surface area (Å²) < 4.78 is 0. The average molecular weight is 310 g/mol. The Morgan fingerprint density at radius 3 is 2.95 bits per heavy atom. The largest absolute Gasteiger partial charge is 0.305 e. The molecule has 2 rings (SSSR count). The fraction of sp³-hybridized carbons (Fsp3) is 0.667. The predicted octanol–water partition coefficient (Wildman–Crippen LogP) is 1.58. The maximum atomic E-state index is 11.6. The lowest BCUT2D eigenvalue weighted by Crippen LogP contribution is -2.39. The van der Waals surface area contributed by atoms with Crippen molar-refractivity contribution in [3.63, 3.8) is 0 Å². The van der Waals surface area contributed by atoms with E-state index in [9.17, 15) is 4.79 Å². The van der Waals surface area contributed by atoms with E-state index in [2.05, 4.69) is 36.1 Å². The van der Waals surface area contributed by atoms with Crippen LogP contribution in [-0.2, 0) is 6.54 Å². The molecule has 1 amide bonds. The highest BCUT2D eigenvalue weighted by Gasteiger charge is 2.23. The Kier molecular flexibility index (Phi) is 5.75. The molecule has 1 fully saturated rings. The van der Waals surface area contributed by atoms with Crippen molar-refractivity contribution < 1.29 is 4.79 Å². The number of hydrogen-bond acceptors (Lipinski definition) is 5. The zero-order chi connectivity index (χ0) is 15.4. The lowest BCUT2D eigenvalue weighted by Gasteiger charge is -2.30. The van der Waals surface area contributed by atoms with Gasteiger partial charge in [-0.2, -0.15) is 0 Å². The molecule has 3 N–H and O–H groups in total. The topological polar surface area (TPSA) is 61.6 Å². The number of nitrogens with zero attached hydrogens (tertiary/aromatic N) is 2. The number of nitrogens with two attached hydrogens (primary N) is 1. The maximum Gasteiger partial charge on any atom is 0.275 e. The zero-order valence-corrected chi connectivity index (χ0v) is 14.0. The minimum absolute atomic E-state index is 0.197. The highest BCUT2D eigenvalue weighted by Crippen LogP contribution is 2.25. The minimum atomic E-state index is -0.197. The van der Waals surface area contributed by atoms with Crippen LogP contribution in [0.1, 0.15) is 39.9 Å². The van der Waals surface area contributed by atoms with Crippen LogP contribution in [0.2, 0.25) is 0 Å². The summed E-state index contributed by atoms with van der Waals surface area (Å²) in [6.45, 7) is 8.66. The quantitative estimate of drug-likeness (QED) is 0.503. The number of carbonyl (C=O) groups is 1. The van der Waals surface area contributed by atoms with Gasteiger partial charge in [0.05, 0.1) is 4.88 Å². The number of aryl methyl sites for hydroxylation is 1. The monoisotopic (exact) mass is 310 g/mol. The van der Waals surface area contributed by atoms with Crippen LogP contribution in [0.25, 0.3) is 0 Å². The molecule has 0 saturated carbocycles. The van der Waals surface area contributed by atoms with Crippen molar-refractivity contribution in [2.75, 3.05) is 26.7 Å². The van der Waals surface area contributed by atoms with Gasteiger partial charge in [-0.15, -0.1) is 11.3 Å². The highest BCUT2D eigenvalue weighted by atomic mass is 32.1. The minimum Gasteiger partial charge on any atom is -0.305 e. The number of thiophene rings is 1. The first-order chi connectivity index (χ1) is 10.0. The number of hydrazine groups is 1.